The van der Waals surface area contributed by atoms with Crippen LogP contribution in [0.1, 0.15) is 53.6 Å². The minimum atomic E-state index is 0.186. The van der Waals surface area contributed by atoms with E-state index < -0.39 is 0 Å². The lowest BCUT2D eigenvalue weighted by Crippen LogP contribution is -2.39. The minimum absolute atomic E-state index is 0.186. The second kappa shape index (κ2) is 6.99. The van der Waals surface area contributed by atoms with Crippen molar-refractivity contribution < 1.29 is 4.79 Å². The number of carbonyl (C=O) groups is 1. The Hall–Kier alpha value is -2.09. The van der Waals surface area contributed by atoms with Crippen LogP contribution < -0.4 is 0 Å². The summed E-state index contributed by atoms with van der Waals surface area (Å²) in [6.45, 7) is 5.14. The van der Waals surface area contributed by atoms with Crippen molar-refractivity contribution in [3.8, 4) is 0 Å². The van der Waals surface area contributed by atoms with Crippen LogP contribution in [0.3, 0.4) is 0 Å². The van der Waals surface area contributed by atoms with Gasteiger partial charge in [0.25, 0.3) is 5.91 Å². The first-order chi connectivity index (χ1) is 11.2. The second-order valence-corrected chi connectivity index (χ2v) is 6.50. The fourth-order valence-electron chi connectivity index (χ4n) is 3.84. The molecule has 0 unspecified atom stereocenters. The van der Waals surface area contributed by atoms with E-state index >= 15 is 0 Å². The van der Waals surface area contributed by atoms with Crippen molar-refractivity contribution in [2.45, 2.75) is 45.1 Å². The van der Waals surface area contributed by atoms with Crippen molar-refractivity contribution in [1.29, 1.82) is 0 Å². The summed E-state index contributed by atoms with van der Waals surface area (Å²) in [6.07, 6.45) is 3.27. The molecule has 2 aromatic carbocycles. The van der Waals surface area contributed by atoms with Crippen molar-refractivity contribution in [2.75, 3.05) is 6.54 Å². The van der Waals surface area contributed by atoms with Crippen LogP contribution in [0.2, 0.25) is 0 Å². The van der Waals surface area contributed by atoms with Crippen LogP contribution in [0.15, 0.2) is 54.6 Å². The van der Waals surface area contributed by atoms with Crippen LogP contribution >= 0.6 is 0 Å². The third-order valence-electron chi connectivity index (χ3n) is 4.96. The highest BCUT2D eigenvalue weighted by Crippen LogP contribution is 2.34. The molecule has 1 amide bonds. The van der Waals surface area contributed by atoms with E-state index in [0.717, 1.165) is 36.9 Å². The minimum Gasteiger partial charge on any atom is -0.335 e. The summed E-state index contributed by atoms with van der Waals surface area (Å²) in [5, 5.41) is 0. The molecule has 0 N–H and O–H groups in total. The Labute approximate surface area is 139 Å². The maximum Gasteiger partial charge on any atom is 0.254 e. The first-order valence-corrected chi connectivity index (χ1v) is 8.63. The Morgan fingerprint density at radius 1 is 1.17 bits per heavy atom. The highest BCUT2D eigenvalue weighted by atomic mass is 16.2. The molecule has 0 aromatic heterocycles. The molecule has 2 nitrogen and oxygen atoms in total. The summed E-state index contributed by atoms with van der Waals surface area (Å²) in [5.74, 6) is 0.609. The van der Waals surface area contributed by atoms with Gasteiger partial charge in [-0.05, 0) is 43.9 Å². The molecule has 0 saturated carbocycles. The third kappa shape index (κ3) is 3.31. The van der Waals surface area contributed by atoms with Crippen molar-refractivity contribution in [2.24, 2.45) is 0 Å². The first-order valence-electron chi connectivity index (χ1n) is 8.63. The number of amides is 1. The topological polar surface area (TPSA) is 20.3 Å². The molecule has 0 radical (unpaired) electrons. The summed E-state index contributed by atoms with van der Waals surface area (Å²) >= 11 is 0. The lowest BCUT2D eigenvalue weighted by atomic mass is 9.87. The van der Waals surface area contributed by atoms with E-state index in [4.69, 9.17) is 0 Å². The van der Waals surface area contributed by atoms with E-state index in [-0.39, 0.29) is 5.91 Å². The van der Waals surface area contributed by atoms with E-state index in [1.807, 2.05) is 31.2 Å². The highest BCUT2D eigenvalue weighted by Gasteiger charge is 2.34. The predicted octanol–water partition coefficient (Wildman–Crippen LogP) is 4.79. The number of rotatable bonds is 4. The fraction of sp³-hybridized carbons (Fsp3) is 0.381. The van der Waals surface area contributed by atoms with Crippen molar-refractivity contribution in [3.63, 3.8) is 0 Å². The predicted molar refractivity (Wildman–Crippen MR) is 94.7 cm³/mol. The normalized spacial score (nSPS) is 18.9. The lowest BCUT2D eigenvalue weighted by molar-refractivity contribution is 0.0714. The standard InChI is InChI=1S/C21H25NO/c1-3-19(17-10-5-4-6-11-17)20-13-8-14-22(20)21(23)18-12-7-9-16(2)15-18/h4-7,9-12,15,19-20H,3,8,13-14H2,1-2H3/t19-,20-/m1/s1. The van der Waals surface area contributed by atoms with Gasteiger partial charge in [-0.3, -0.25) is 4.79 Å². The van der Waals surface area contributed by atoms with Gasteiger partial charge in [0.15, 0.2) is 0 Å². The average molecular weight is 307 g/mol. The molecule has 0 bridgehead atoms. The molecule has 0 aliphatic carbocycles. The summed E-state index contributed by atoms with van der Waals surface area (Å²) < 4.78 is 0. The van der Waals surface area contributed by atoms with E-state index in [0.29, 0.717) is 12.0 Å². The van der Waals surface area contributed by atoms with Gasteiger partial charge in [-0.15, -0.1) is 0 Å². The number of benzene rings is 2. The van der Waals surface area contributed by atoms with Crippen molar-refractivity contribution in [1.82, 2.24) is 4.90 Å². The highest BCUT2D eigenvalue weighted by molar-refractivity contribution is 5.94. The monoisotopic (exact) mass is 307 g/mol. The van der Waals surface area contributed by atoms with Gasteiger partial charge in [-0.25, -0.2) is 0 Å². The van der Waals surface area contributed by atoms with Gasteiger partial charge in [0, 0.05) is 24.1 Å². The molecule has 3 rings (SSSR count). The maximum absolute atomic E-state index is 13.0. The number of likely N-dealkylation sites (tertiary alicyclic amines) is 1. The number of aryl methyl sites for hydroxylation is 1. The molecule has 23 heavy (non-hydrogen) atoms. The molecule has 1 heterocycles. The van der Waals surface area contributed by atoms with Gasteiger partial charge >= 0.3 is 0 Å². The van der Waals surface area contributed by atoms with Gasteiger partial charge in [-0.2, -0.15) is 0 Å². The SMILES string of the molecule is CC[C@H](c1ccccc1)[C@H]1CCCN1C(=O)c1cccc(C)c1. The van der Waals surface area contributed by atoms with Crippen LogP contribution in [0.4, 0.5) is 0 Å². The Kier molecular flexibility index (Phi) is 4.80. The summed E-state index contributed by atoms with van der Waals surface area (Å²) in [4.78, 5) is 15.1. The van der Waals surface area contributed by atoms with Gasteiger partial charge in [0.1, 0.15) is 0 Å². The summed E-state index contributed by atoms with van der Waals surface area (Å²) in [5.41, 5.74) is 3.31. The average Bonchev–Trinajstić information content (AvgIpc) is 3.05. The number of hydrogen-bond acceptors (Lipinski definition) is 1. The summed E-state index contributed by atoms with van der Waals surface area (Å²) in [6, 6.07) is 18.9. The molecular formula is C21H25NO. The third-order valence-corrected chi connectivity index (χ3v) is 4.96. The van der Waals surface area contributed by atoms with Crippen LogP contribution in [0.25, 0.3) is 0 Å². The Bertz CT molecular complexity index is 665. The van der Waals surface area contributed by atoms with Crippen LogP contribution in [-0.4, -0.2) is 23.4 Å². The molecule has 1 aliphatic heterocycles. The quantitative estimate of drug-likeness (QED) is 0.795. The van der Waals surface area contributed by atoms with Gasteiger partial charge in [0.05, 0.1) is 0 Å². The first kappa shape index (κ1) is 15.8. The lowest BCUT2D eigenvalue weighted by Gasteiger charge is -2.32. The number of nitrogens with zero attached hydrogens (tertiary/aromatic N) is 1. The van der Waals surface area contributed by atoms with E-state index in [9.17, 15) is 4.79 Å². The van der Waals surface area contributed by atoms with E-state index in [1.165, 1.54) is 5.56 Å². The number of hydrogen-bond donors (Lipinski definition) is 0. The Balaban J connectivity index is 1.86. The Morgan fingerprint density at radius 3 is 2.65 bits per heavy atom. The molecule has 1 fully saturated rings. The molecule has 2 atom stereocenters. The number of carbonyl (C=O) groups excluding carboxylic acids is 1. The molecule has 1 aliphatic rings. The Morgan fingerprint density at radius 2 is 1.96 bits per heavy atom. The molecule has 120 valence electrons. The molecule has 0 spiro atoms. The van der Waals surface area contributed by atoms with Crippen LogP contribution in [0.5, 0.6) is 0 Å². The molecule has 2 aromatic rings. The van der Waals surface area contributed by atoms with Gasteiger partial charge in [-0.1, -0.05) is 55.0 Å². The molecule has 1 saturated heterocycles. The van der Waals surface area contributed by atoms with Crippen molar-refractivity contribution in [3.05, 3.63) is 71.3 Å². The van der Waals surface area contributed by atoms with Gasteiger partial charge < -0.3 is 4.90 Å². The van der Waals surface area contributed by atoms with E-state index in [2.05, 4.69) is 42.2 Å². The van der Waals surface area contributed by atoms with Crippen LogP contribution in [-0.2, 0) is 0 Å². The molecule has 2 heteroatoms. The van der Waals surface area contributed by atoms with Gasteiger partial charge in [0.2, 0.25) is 0 Å². The largest absolute Gasteiger partial charge is 0.335 e. The summed E-state index contributed by atoms with van der Waals surface area (Å²) in [7, 11) is 0. The van der Waals surface area contributed by atoms with Crippen LogP contribution in [0, 0.1) is 6.92 Å². The zero-order valence-corrected chi connectivity index (χ0v) is 14.0. The van der Waals surface area contributed by atoms with Crippen molar-refractivity contribution >= 4 is 5.91 Å². The smallest absolute Gasteiger partial charge is 0.254 e. The fourth-order valence-corrected chi connectivity index (χ4v) is 3.84. The zero-order valence-electron chi connectivity index (χ0n) is 14.0. The molecular weight excluding hydrogens is 282 g/mol. The second-order valence-electron chi connectivity index (χ2n) is 6.50. The van der Waals surface area contributed by atoms with E-state index in [1.54, 1.807) is 0 Å². The maximum atomic E-state index is 13.0. The zero-order chi connectivity index (χ0) is 16.2.